The molecule has 88 valence electrons. The van der Waals surface area contributed by atoms with Crippen molar-refractivity contribution >= 4 is 0 Å². The molecule has 2 heterocycles. The van der Waals surface area contributed by atoms with Crippen LogP contribution in [-0.4, -0.2) is 29.7 Å². The summed E-state index contributed by atoms with van der Waals surface area (Å²) in [4.78, 5) is 9.04. The van der Waals surface area contributed by atoms with Gasteiger partial charge in [-0.2, -0.15) is 0 Å². The third-order valence-corrected chi connectivity index (χ3v) is 2.70. The van der Waals surface area contributed by atoms with Crippen LogP contribution in [0.25, 0.3) is 0 Å². The molecule has 0 radical (unpaired) electrons. The first-order valence-electron chi connectivity index (χ1n) is 5.84. The Balaban J connectivity index is 2.25. The van der Waals surface area contributed by atoms with Crippen LogP contribution < -0.4 is 5.32 Å². The van der Waals surface area contributed by atoms with E-state index in [0.717, 1.165) is 36.9 Å². The molecule has 1 aromatic rings. The summed E-state index contributed by atoms with van der Waals surface area (Å²) in [6, 6.07) is 2.05. The smallest absolute Gasteiger partial charge is 0.158 e. The van der Waals surface area contributed by atoms with Crippen molar-refractivity contribution < 1.29 is 4.74 Å². The van der Waals surface area contributed by atoms with Crippen molar-refractivity contribution in [2.45, 2.75) is 32.8 Å². The predicted molar refractivity (Wildman–Crippen MR) is 62.4 cm³/mol. The molecule has 1 aliphatic rings. The van der Waals surface area contributed by atoms with Crippen molar-refractivity contribution in [2.75, 3.05) is 19.7 Å². The number of ether oxygens (including phenoxy) is 1. The van der Waals surface area contributed by atoms with Crippen LogP contribution in [0.15, 0.2) is 6.07 Å². The molecular formula is C12H19N3O. The normalized spacial score (nSPS) is 21.4. The van der Waals surface area contributed by atoms with Crippen molar-refractivity contribution in [1.82, 2.24) is 15.3 Å². The van der Waals surface area contributed by atoms with Crippen LogP contribution in [0.5, 0.6) is 0 Å². The van der Waals surface area contributed by atoms with Crippen molar-refractivity contribution in [3.63, 3.8) is 0 Å². The third kappa shape index (κ3) is 2.57. The lowest BCUT2D eigenvalue weighted by Crippen LogP contribution is -2.34. The topological polar surface area (TPSA) is 47.0 Å². The van der Waals surface area contributed by atoms with E-state index in [0.29, 0.717) is 5.92 Å². The molecular weight excluding hydrogens is 202 g/mol. The highest BCUT2D eigenvalue weighted by molar-refractivity contribution is 5.14. The zero-order valence-electron chi connectivity index (χ0n) is 10.2. The lowest BCUT2D eigenvalue weighted by Gasteiger charge is -2.23. The van der Waals surface area contributed by atoms with Crippen LogP contribution in [-0.2, 0) is 4.74 Å². The molecule has 1 atom stereocenters. The number of hydrogen-bond donors (Lipinski definition) is 1. The Labute approximate surface area is 96.4 Å². The molecule has 0 bridgehead atoms. The third-order valence-electron chi connectivity index (χ3n) is 2.70. The number of hydrogen-bond acceptors (Lipinski definition) is 4. The maximum atomic E-state index is 5.67. The van der Waals surface area contributed by atoms with Gasteiger partial charge in [0.05, 0.1) is 6.61 Å². The Morgan fingerprint density at radius 2 is 2.25 bits per heavy atom. The Kier molecular flexibility index (Phi) is 3.51. The zero-order chi connectivity index (χ0) is 11.5. The van der Waals surface area contributed by atoms with Gasteiger partial charge in [0.15, 0.2) is 5.82 Å². The highest BCUT2D eigenvalue weighted by Crippen LogP contribution is 2.19. The van der Waals surface area contributed by atoms with E-state index in [1.807, 2.05) is 13.0 Å². The van der Waals surface area contributed by atoms with E-state index in [1.54, 1.807) is 0 Å². The fraction of sp³-hybridized carbons (Fsp3) is 0.667. The number of morpholine rings is 1. The van der Waals surface area contributed by atoms with Gasteiger partial charge in [-0.25, -0.2) is 9.97 Å². The van der Waals surface area contributed by atoms with Crippen LogP contribution in [0.3, 0.4) is 0 Å². The molecule has 1 fully saturated rings. The maximum absolute atomic E-state index is 5.67. The van der Waals surface area contributed by atoms with Crippen molar-refractivity contribution in [2.24, 2.45) is 0 Å². The molecule has 1 saturated heterocycles. The lowest BCUT2D eigenvalue weighted by atomic mass is 10.1. The standard InChI is InChI=1S/C12H19N3O/c1-8(2)10-6-9(3)14-12(15-10)11-7-13-4-5-16-11/h6,8,11,13H,4-5,7H2,1-3H3. The molecule has 4 nitrogen and oxygen atoms in total. The largest absolute Gasteiger partial charge is 0.368 e. The van der Waals surface area contributed by atoms with Gasteiger partial charge in [0.25, 0.3) is 0 Å². The number of nitrogens with one attached hydrogen (secondary N) is 1. The van der Waals surface area contributed by atoms with Crippen LogP contribution in [0.2, 0.25) is 0 Å². The van der Waals surface area contributed by atoms with E-state index < -0.39 is 0 Å². The van der Waals surface area contributed by atoms with Gasteiger partial charge in [-0.05, 0) is 18.9 Å². The molecule has 1 N–H and O–H groups in total. The summed E-state index contributed by atoms with van der Waals surface area (Å²) in [5, 5.41) is 3.30. The van der Waals surface area contributed by atoms with Gasteiger partial charge in [0.1, 0.15) is 6.10 Å². The summed E-state index contributed by atoms with van der Waals surface area (Å²) in [7, 11) is 0. The Bertz CT molecular complexity index is 359. The van der Waals surface area contributed by atoms with Gasteiger partial charge in [0.2, 0.25) is 0 Å². The molecule has 1 unspecified atom stereocenters. The molecule has 0 aromatic carbocycles. The van der Waals surface area contributed by atoms with E-state index in [-0.39, 0.29) is 6.10 Å². The molecule has 1 aromatic heterocycles. The SMILES string of the molecule is Cc1cc(C(C)C)nc(C2CNCCO2)n1. The van der Waals surface area contributed by atoms with Crippen molar-refractivity contribution in [3.05, 3.63) is 23.3 Å². The summed E-state index contributed by atoms with van der Waals surface area (Å²) in [6.45, 7) is 8.75. The van der Waals surface area contributed by atoms with Gasteiger partial charge in [-0.3, -0.25) is 0 Å². The van der Waals surface area contributed by atoms with E-state index in [1.165, 1.54) is 0 Å². The first-order chi connectivity index (χ1) is 7.66. The van der Waals surface area contributed by atoms with E-state index in [4.69, 9.17) is 4.74 Å². The summed E-state index contributed by atoms with van der Waals surface area (Å²) < 4.78 is 5.67. The molecule has 0 amide bonds. The summed E-state index contributed by atoms with van der Waals surface area (Å²) >= 11 is 0. The van der Waals surface area contributed by atoms with Gasteiger partial charge < -0.3 is 10.1 Å². The fourth-order valence-corrected chi connectivity index (χ4v) is 1.79. The first kappa shape index (κ1) is 11.5. The Morgan fingerprint density at radius 1 is 1.44 bits per heavy atom. The highest BCUT2D eigenvalue weighted by Gasteiger charge is 2.19. The minimum Gasteiger partial charge on any atom is -0.368 e. The number of nitrogens with zero attached hydrogens (tertiary/aromatic N) is 2. The Hall–Kier alpha value is -1.00. The maximum Gasteiger partial charge on any atom is 0.158 e. The summed E-state index contributed by atoms with van der Waals surface area (Å²) in [5.74, 6) is 1.24. The van der Waals surface area contributed by atoms with Gasteiger partial charge >= 0.3 is 0 Å². The molecule has 16 heavy (non-hydrogen) atoms. The van der Waals surface area contributed by atoms with E-state index in [2.05, 4.69) is 29.1 Å². The van der Waals surface area contributed by atoms with Crippen LogP contribution in [0, 0.1) is 6.92 Å². The first-order valence-corrected chi connectivity index (χ1v) is 5.84. The highest BCUT2D eigenvalue weighted by atomic mass is 16.5. The van der Waals surface area contributed by atoms with Crippen molar-refractivity contribution in [1.29, 1.82) is 0 Å². The van der Waals surface area contributed by atoms with Gasteiger partial charge in [-0.1, -0.05) is 13.8 Å². The summed E-state index contributed by atoms with van der Waals surface area (Å²) in [6.07, 6.45) is 0.00569. The number of aryl methyl sites for hydroxylation is 1. The van der Waals surface area contributed by atoms with E-state index in [9.17, 15) is 0 Å². The zero-order valence-corrected chi connectivity index (χ0v) is 10.2. The average molecular weight is 221 g/mol. The molecule has 4 heteroatoms. The van der Waals surface area contributed by atoms with Crippen LogP contribution in [0.1, 0.15) is 43.1 Å². The Morgan fingerprint density at radius 3 is 2.88 bits per heavy atom. The second-order valence-electron chi connectivity index (χ2n) is 4.51. The van der Waals surface area contributed by atoms with Crippen LogP contribution >= 0.6 is 0 Å². The molecule has 2 rings (SSSR count). The van der Waals surface area contributed by atoms with Crippen molar-refractivity contribution in [3.8, 4) is 0 Å². The number of aromatic nitrogens is 2. The second kappa shape index (κ2) is 4.89. The number of rotatable bonds is 2. The minimum atomic E-state index is 0.00569. The van der Waals surface area contributed by atoms with Gasteiger partial charge in [0, 0.05) is 24.5 Å². The minimum absolute atomic E-state index is 0.00569. The molecule has 1 aliphatic heterocycles. The quantitative estimate of drug-likeness (QED) is 0.823. The van der Waals surface area contributed by atoms with Crippen LogP contribution in [0.4, 0.5) is 0 Å². The summed E-state index contributed by atoms with van der Waals surface area (Å²) in [5.41, 5.74) is 2.11. The second-order valence-corrected chi connectivity index (χ2v) is 4.51. The fourth-order valence-electron chi connectivity index (χ4n) is 1.79. The molecule has 0 saturated carbocycles. The predicted octanol–water partition coefficient (Wildman–Crippen LogP) is 1.57. The van der Waals surface area contributed by atoms with E-state index >= 15 is 0 Å². The monoisotopic (exact) mass is 221 g/mol. The molecule has 0 aliphatic carbocycles. The lowest BCUT2D eigenvalue weighted by molar-refractivity contribution is 0.0218. The van der Waals surface area contributed by atoms with Gasteiger partial charge in [-0.15, -0.1) is 0 Å². The average Bonchev–Trinajstić information content (AvgIpc) is 2.29. The molecule has 0 spiro atoms.